The van der Waals surface area contributed by atoms with Crippen LogP contribution in [-0.4, -0.2) is 59.8 Å². The van der Waals surface area contributed by atoms with E-state index in [0.29, 0.717) is 28.6 Å². The molecule has 1 unspecified atom stereocenters. The minimum absolute atomic E-state index is 0.118. The van der Waals surface area contributed by atoms with Crippen LogP contribution in [0.4, 0.5) is 5.69 Å². The van der Waals surface area contributed by atoms with Crippen LogP contribution in [0.1, 0.15) is 10.4 Å². The van der Waals surface area contributed by atoms with Crippen molar-refractivity contribution in [2.24, 2.45) is 0 Å². The molecule has 3 aromatic rings. The molecule has 34 heavy (non-hydrogen) atoms. The van der Waals surface area contributed by atoms with Crippen LogP contribution in [0.25, 0.3) is 11.1 Å². The van der Waals surface area contributed by atoms with Crippen LogP contribution in [0.5, 0.6) is 5.75 Å². The number of amides is 3. The smallest absolute Gasteiger partial charge is 0.260 e. The summed E-state index contributed by atoms with van der Waals surface area (Å²) in [6.45, 7) is 0.584. The van der Waals surface area contributed by atoms with Crippen LogP contribution in [-0.2, 0) is 9.59 Å². The number of carbonyl (C=O) groups excluding carboxylic acids is 3. The maximum absolute atomic E-state index is 13.4. The molecular formula is C26H22ClN3O4. The first-order valence-electron chi connectivity index (χ1n) is 11.0. The van der Waals surface area contributed by atoms with Crippen LogP contribution in [0.3, 0.4) is 0 Å². The summed E-state index contributed by atoms with van der Waals surface area (Å²) < 4.78 is 5.56. The quantitative estimate of drug-likeness (QED) is 0.624. The Morgan fingerprint density at radius 3 is 2.47 bits per heavy atom. The highest BCUT2D eigenvalue weighted by Crippen LogP contribution is 2.30. The summed E-state index contributed by atoms with van der Waals surface area (Å²) in [4.78, 5) is 42.3. The Labute approximate surface area is 201 Å². The summed E-state index contributed by atoms with van der Waals surface area (Å²) in [7, 11) is 0. The van der Waals surface area contributed by atoms with Gasteiger partial charge in [0, 0.05) is 18.1 Å². The molecule has 0 aromatic heterocycles. The average Bonchev–Trinajstić information content (AvgIpc) is 2.97. The van der Waals surface area contributed by atoms with Crippen LogP contribution >= 0.6 is 11.6 Å². The molecule has 7 nitrogen and oxygen atoms in total. The van der Waals surface area contributed by atoms with Gasteiger partial charge in [0.15, 0.2) is 6.61 Å². The molecule has 2 heterocycles. The SMILES string of the molecule is O=C1Nc2ccc(-c3ccc(Cl)cc3)cc2C(=O)N2CCN(C(=O)COc3ccccc3)CC12. The van der Waals surface area contributed by atoms with E-state index in [1.54, 1.807) is 46.2 Å². The fourth-order valence-corrected chi connectivity index (χ4v) is 4.38. The number of piperazine rings is 1. The molecule has 0 bridgehead atoms. The number of fused-ring (bicyclic) bond motifs is 2. The number of nitrogens with one attached hydrogen (secondary N) is 1. The highest BCUT2D eigenvalue weighted by molar-refractivity contribution is 6.30. The zero-order valence-corrected chi connectivity index (χ0v) is 19.0. The number of hydrogen-bond donors (Lipinski definition) is 1. The van der Waals surface area contributed by atoms with Crippen molar-refractivity contribution in [1.82, 2.24) is 9.80 Å². The summed E-state index contributed by atoms with van der Waals surface area (Å²) in [5.41, 5.74) is 2.66. The lowest BCUT2D eigenvalue weighted by atomic mass is 10.0. The molecule has 0 saturated carbocycles. The maximum atomic E-state index is 13.4. The van der Waals surface area contributed by atoms with Gasteiger partial charge < -0.3 is 19.9 Å². The van der Waals surface area contributed by atoms with Crippen molar-refractivity contribution in [3.05, 3.63) is 83.4 Å². The second-order valence-corrected chi connectivity index (χ2v) is 8.65. The molecule has 1 fully saturated rings. The van der Waals surface area contributed by atoms with Gasteiger partial charge >= 0.3 is 0 Å². The first kappa shape index (κ1) is 22.0. The Kier molecular flexibility index (Phi) is 5.94. The third-order valence-electron chi connectivity index (χ3n) is 6.09. The molecule has 0 aliphatic carbocycles. The Morgan fingerprint density at radius 2 is 1.71 bits per heavy atom. The van der Waals surface area contributed by atoms with Crippen LogP contribution in [0.2, 0.25) is 5.02 Å². The Bertz CT molecular complexity index is 1250. The lowest BCUT2D eigenvalue weighted by molar-refractivity contribution is -0.137. The minimum Gasteiger partial charge on any atom is -0.484 e. The third-order valence-corrected chi connectivity index (χ3v) is 6.34. The van der Waals surface area contributed by atoms with Gasteiger partial charge in [-0.1, -0.05) is 48.0 Å². The summed E-state index contributed by atoms with van der Waals surface area (Å²) in [6, 6.07) is 21.0. The standard InChI is InChI=1S/C26H22ClN3O4/c27-19-9-6-17(7-10-19)18-8-11-22-21(14-18)26(33)30-13-12-29(15-23(30)25(32)28-22)24(31)16-34-20-4-2-1-3-5-20/h1-11,14,23H,12-13,15-16H2,(H,28,32). The fraction of sp³-hybridized carbons (Fsp3) is 0.192. The van der Waals surface area contributed by atoms with Crippen molar-refractivity contribution in [2.75, 3.05) is 31.6 Å². The number of nitrogens with zero attached hydrogens (tertiary/aromatic N) is 2. The molecule has 1 saturated heterocycles. The van der Waals surface area contributed by atoms with Gasteiger partial charge in [-0.25, -0.2) is 0 Å². The molecule has 0 radical (unpaired) electrons. The number of anilines is 1. The Morgan fingerprint density at radius 1 is 0.971 bits per heavy atom. The summed E-state index contributed by atoms with van der Waals surface area (Å²) in [6.07, 6.45) is 0. The monoisotopic (exact) mass is 475 g/mol. The number of halogens is 1. The number of benzene rings is 3. The van der Waals surface area contributed by atoms with Gasteiger partial charge in [0.25, 0.3) is 11.8 Å². The Balaban J connectivity index is 1.33. The number of rotatable bonds is 4. The van der Waals surface area contributed by atoms with Gasteiger partial charge in [-0.2, -0.15) is 0 Å². The van der Waals surface area contributed by atoms with Gasteiger partial charge in [-0.15, -0.1) is 0 Å². The highest BCUT2D eigenvalue weighted by Gasteiger charge is 2.40. The topological polar surface area (TPSA) is 79.0 Å². The van der Waals surface area contributed by atoms with E-state index in [2.05, 4.69) is 5.32 Å². The van der Waals surface area contributed by atoms with E-state index in [4.69, 9.17) is 16.3 Å². The lowest BCUT2D eigenvalue weighted by Gasteiger charge is -2.39. The molecule has 0 spiro atoms. The van der Waals surface area contributed by atoms with E-state index in [-0.39, 0.29) is 37.4 Å². The highest BCUT2D eigenvalue weighted by atomic mass is 35.5. The van der Waals surface area contributed by atoms with Crippen molar-refractivity contribution in [3.8, 4) is 16.9 Å². The first-order chi connectivity index (χ1) is 16.5. The largest absolute Gasteiger partial charge is 0.484 e. The third kappa shape index (κ3) is 4.34. The number of hydrogen-bond acceptors (Lipinski definition) is 4. The van der Waals surface area contributed by atoms with E-state index in [1.807, 2.05) is 36.4 Å². The summed E-state index contributed by atoms with van der Waals surface area (Å²) in [5.74, 6) is -0.172. The number of carbonyl (C=O) groups is 3. The second-order valence-electron chi connectivity index (χ2n) is 8.21. The molecule has 1 atom stereocenters. The van der Waals surface area contributed by atoms with Gasteiger partial charge in [-0.3, -0.25) is 14.4 Å². The molecule has 172 valence electrons. The molecule has 5 rings (SSSR count). The van der Waals surface area contributed by atoms with Crippen LogP contribution in [0, 0.1) is 0 Å². The molecule has 2 aliphatic rings. The molecule has 2 aliphatic heterocycles. The average molecular weight is 476 g/mol. The molecular weight excluding hydrogens is 454 g/mol. The zero-order valence-electron chi connectivity index (χ0n) is 18.2. The van der Waals surface area contributed by atoms with Gasteiger partial charge in [-0.05, 0) is 47.5 Å². The van der Waals surface area contributed by atoms with Gasteiger partial charge in [0.1, 0.15) is 11.8 Å². The van der Waals surface area contributed by atoms with Gasteiger partial charge in [0.2, 0.25) is 5.91 Å². The van der Waals surface area contributed by atoms with E-state index in [0.717, 1.165) is 11.1 Å². The van der Waals surface area contributed by atoms with E-state index < -0.39 is 6.04 Å². The van der Waals surface area contributed by atoms with Crippen molar-refractivity contribution in [1.29, 1.82) is 0 Å². The lowest BCUT2D eigenvalue weighted by Crippen LogP contribution is -2.60. The van der Waals surface area contributed by atoms with Crippen molar-refractivity contribution >= 4 is 35.0 Å². The van der Waals surface area contributed by atoms with Gasteiger partial charge in [0.05, 0.1) is 17.8 Å². The van der Waals surface area contributed by atoms with Crippen LogP contribution < -0.4 is 10.1 Å². The minimum atomic E-state index is -0.770. The predicted octanol–water partition coefficient (Wildman–Crippen LogP) is 3.69. The second kappa shape index (κ2) is 9.19. The van der Waals surface area contributed by atoms with E-state index >= 15 is 0 Å². The number of para-hydroxylation sites is 1. The van der Waals surface area contributed by atoms with Crippen molar-refractivity contribution in [2.45, 2.75) is 6.04 Å². The van der Waals surface area contributed by atoms with E-state index in [1.165, 1.54) is 0 Å². The van der Waals surface area contributed by atoms with Crippen LogP contribution in [0.15, 0.2) is 72.8 Å². The predicted molar refractivity (Wildman–Crippen MR) is 129 cm³/mol. The van der Waals surface area contributed by atoms with E-state index in [9.17, 15) is 14.4 Å². The maximum Gasteiger partial charge on any atom is 0.260 e. The zero-order chi connectivity index (χ0) is 23.7. The van der Waals surface area contributed by atoms with Crippen molar-refractivity contribution in [3.63, 3.8) is 0 Å². The summed E-state index contributed by atoms with van der Waals surface area (Å²) >= 11 is 5.99. The number of ether oxygens (including phenoxy) is 1. The van der Waals surface area contributed by atoms with Crippen molar-refractivity contribution < 1.29 is 19.1 Å². The summed E-state index contributed by atoms with van der Waals surface area (Å²) in [5, 5.41) is 3.50. The fourth-order valence-electron chi connectivity index (χ4n) is 4.25. The molecule has 1 N–H and O–H groups in total. The molecule has 8 heteroatoms. The first-order valence-corrected chi connectivity index (χ1v) is 11.3. The molecule has 3 amide bonds. The Hall–Kier alpha value is -3.84. The molecule has 3 aromatic carbocycles. The normalized spacial score (nSPS) is 17.4.